The summed E-state index contributed by atoms with van der Waals surface area (Å²) in [6, 6.07) is -3.00. The highest BCUT2D eigenvalue weighted by atomic mass is 16.6. The Bertz CT molecular complexity index is 1190. The number of alkyl carbamates (subject to hydrolysis) is 1. The smallest absolute Gasteiger partial charge is 0.408 e. The predicted molar refractivity (Wildman–Crippen MR) is 176 cm³/mol. The molecule has 10 nitrogen and oxygen atoms in total. The minimum atomic E-state index is -1.15. The third kappa shape index (κ3) is 9.50. The van der Waals surface area contributed by atoms with Crippen LogP contribution in [0.15, 0.2) is 12.7 Å². The van der Waals surface area contributed by atoms with Crippen LogP contribution >= 0.6 is 0 Å². The Hall–Kier alpha value is -3.04. The number of carbonyl (C=O) groups is 6. The van der Waals surface area contributed by atoms with E-state index in [1.54, 1.807) is 20.8 Å². The zero-order valence-electron chi connectivity index (χ0n) is 29.3. The summed E-state index contributed by atoms with van der Waals surface area (Å²) in [4.78, 5) is 80.8. The fourth-order valence-corrected chi connectivity index (χ4v) is 7.24. The molecule has 3 amide bonds. The van der Waals surface area contributed by atoms with Crippen LogP contribution in [0.25, 0.3) is 0 Å². The standard InChI is InChI=1S/C36H57N3O7/c1-10-14-25(29(42)26(41)20-19-23(40)18-17-22-15-12-11-13-16-22)37-31(43)28-27-24(36(27,8)9)21-39(28)32(44)30(34(2,3)4)38-33(45)46-35(5,6)7/h10,22,24-25,27-28,30H,1,11-21H2,2-9H3,(H,37,43)(H,38,45). The molecular formula is C36H57N3O7. The van der Waals surface area contributed by atoms with Gasteiger partial charge in [0, 0.05) is 25.8 Å². The number of fused-ring (bicyclic) bond motifs is 1. The number of nitrogens with zero attached hydrogens (tertiary/aromatic N) is 1. The molecule has 10 heteroatoms. The lowest BCUT2D eigenvalue weighted by molar-refractivity contribution is -0.145. The maximum Gasteiger partial charge on any atom is 0.408 e. The molecule has 0 radical (unpaired) electrons. The summed E-state index contributed by atoms with van der Waals surface area (Å²) in [6.07, 6.45) is 7.78. The second-order valence-corrected chi connectivity index (χ2v) is 16.3. The quantitative estimate of drug-likeness (QED) is 0.193. The van der Waals surface area contributed by atoms with Gasteiger partial charge in [-0.3, -0.25) is 24.0 Å². The molecule has 5 atom stereocenters. The first-order valence-corrected chi connectivity index (χ1v) is 17.1. The van der Waals surface area contributed by atoms with E-state index in [1.807, 2.05) is 34.6 Å². The lowest BCUT2D eigenvalue weighted by atomic mass is 9.85. The molecule has 0 aromatic heterocycles. The predicted octanol–water partition coefficient (Wildman–Crippen LogP) is 5.32. The number of piperidine rings is 1. The summed E-state index contributed by atoms with van der Waals surface area (Å²) in [5.41, 5.74) is -1.65. The van der Waals surface area contributed by atoms with Crippen LogP contribution < -0.4 is 10.6 Å². The van der Waals surface area contributed by atoms with Gasteiger partial charge in [-0.05, 0) is 62.2 Å². The molecule has 0 aromatic rings. The Morgan fingerprint density at radius 1 is 0.935 bits per heavy atom. The van der Waals surface area contributed by atoms with Gasteiger partial charge < -0.3 is 20.3 Å². The van der Waals surface area contributed by atoms with Crippen molar-refractivity contribution in [2.24, 2.45) is 28.6 Å². The SMILES string of the molecule is C=CCC(NC(=O)C1C2C(CN1C(=O)C(NC(=O)OC(C)(C)C)C(C)(C)C)C2(C)C)C(=O)C(=O)CCC(=O)CCC1CCCCC1. The molecule has 46 heavy (non-hydrogen) atoms. The monoisotopic (exact) mass is 643 g/mol. The highest BCUT2D eigenvalue weighted by Crippen LogP contribution is 2.65. The van der Waals surface area contributed by atoms with E-state index in [2.05, 4.69) is 17.2 Å². The molecule has 2 saturated carbocycles. The van der Waals surface area contributed by atoms with E-state index in [0.717, 1.165) is 19.3 Å². The molecule has 258 valence electrons. The van der Waals surface area contributed by atoms with Crippen LogP contribution in [0.2, 0.25) is 0 Å². The van der Waals surface area contributed by atoms with Crippen LogP contribution in [0.5, 0.6) is 0 Å². The van der Waals surface area contributed by atoms with Crippen molar-refractivity contribution >= 4 is 35.3 Å². The Kier molecular flexibility index (Phi) is 12.0. The lowest BCUT2D eigenvalue weighted by Crippen LogP contribution is -2.60. The molecule has 0 spiro atoms. The first-order valence-electron chi connectivity index (χ1n) is 17.1. The summed E-state index contributed by atoms with van der Waals surface area (Å²) in [5, 5.41) is 5.48. The number of rotatable bonds is 14. The first kappa shape index (κ1) is 37.4. The normalized spacial score (nSPS) is 23.8. The van der Waals surface area contributed by atoms with Gasteiger partial charge in [0.2, 0.25) is 23.4 Å². The number of amides is 3. The van der Waals surface area contributed by atoms with E-state index in [4.69, 9.17) is 4.74 Å². The van der Waals surface area contributed by atoms with E-state index in [1.165, 1.54) is 30.2 Å². The molecule has 1 heterocycles. The van der Waals surface area contributed by atoms with E-state index in [-0.39, 0.29) is 42.3 Å². The number of nitrogens with one attached hydrogen (secondary N) is 2. The maximum absolute atomic E-state index is 14.0. The number of Topliss-reactive ketones (excluding diaryl/α,β-unsaturated/α-hetero) is 3. The molecule has 1 aliphatic heterocycles. The minimum absolute atomic E-state index is 0.00768. The lowest BCUT2D eigenvalue weighted by Gasteiger charge is -2.38. The van der Waals surface area contributed by atoms with E-state index in [9.17, 15) is 28.8 Å². The van der Waals surface area contributed by atoms with Gasteiger partial charge in [-0.2, -0.15) is 0 Å². The van der Waals surface area contributed by atoms with Crippen LogP contribution in [-0.2, 0) is 28.7 Å². The van der Waals surface area contributed by atoms with Crippen molar-refractivity contribution in [3.05, 3.63) is 12.7 Å². The minimum Gasteiger partial charge on any atom is -0.444 e. The molecule has 0 aromatic carbocycles. The third-order valence-electron chi connectivity index (χ3n) is 10.0. The van der Waals surface area contributed by atoms with Crippen molar-refractivity contribution in [3.8, 4) is 0 Å². The highest BCUT2D eigenvalue weighted by molar-refractivity contribution is 6.39. The highest BCUT2D eigenvalue weighted by Gasteiger charge is 2.70. The number of ether oxygens (including phenoxy) is 1. The maximum atomic E-state index is 14.0. The van der Waals surface area contributed by atoms with E-state index >= 15 is 0 Å². The number of ketones is 3. The van der Waals surface area contributed by atoms with Gasteiger partial charge in [0.1, 0.15) is 23.5 Å². The van der Waals surface area contributed by atoms with Gasteiger partial charge in [0.25, 0.3) is 0 Å². The Labute approximate surface area is 275 Å². The largest absolute Gasteiger partial charge is 0.444 e. The second-order valence-electron chi connectivity index (χ2n) is 16.3. The number of hydrogen-bond acceptors (Lipinski definition) is 7. The molecule has 2 aliphatic carbocycles. The van der Waals surface area contributed by atoms with Crippen molar-refractivity contribution in [3.63, 3.8) is 0 Å². The number of carbonyl (C=O) groups excluding carboxylic acids is 6. The molecule has 1 saturated heterocycles. The first-order chi connectivity index (χ1) is 21.3. The Balaban J connectivity index is 1.68. The van der Waals surface area contributed by atoms with E-state index in [0.29, 0.717) is 18.9 Å². The second kappa shape index (κ2) is 14.8. The van der Waals surface area contributed by atoms with Crippen LogP contribution in [0.4, 0.5) is 4.79 Å². The van der Waals surface area contributed by atoms with Gasteiger partial charge in [-0.25, -0.2) is 4.79 Å². The van der Waals surface area contributed by atoms with Crippen molar-refractivity contribution < 1.29 is 33.5 Å². The van der Waals surface area contributed by atoms with Crippen molar-refractivity contribution in [1.82, 2.24) is 15.5 Å². The van der Waals surface area contributed by atoms with Gasteiger partial charge in [-0.1, -0.05) is 72.8 Å². The van der Waals surface area contributed by atoms with Gasteiger partial charge in [0.05, 0.1) is 6.04 Å². The fourth-order valence-electron chi connectivity index (χ4n) is 7.24. The number of likely N-dealkylation sites (tertiary alicyclic amines) is 1. The van der Waals surface area contributed by atoms with Crippen molar-refractivity contribution in [1.29, 1.82) is 0 Å². The molecule has 3 rings (SSSR count). The van der Waals surface area contributed by atoms with E-state index < -0.39 is 58.6 Å². The molecule has 0 bridgehead atoms. The zero-order valence-corrected chi connectivity index (χ0v) is 29.3. The van der Waals surface area contributed by atoms with Gasteiger partial charge in [-0.15, -0.1) is 6.58 Å². The van der Waals surface area contributed by atoms with Crippen LogP contribution in [0.3, 0.4) is 0 Å². The zero-order chi connectivity index (χ0) is 34.6. The average molecular weight is 644 g/mol. The Morgan fingerprint density at radius 3 is 2.13 bits per heavy atom. The fraction of sp³-hybridized carbons (Fsp3) is 0.778. The summed E-state index contributed by atoms with van der Waals surface area (Å²) >= 11 is 0. The summed E-state index contributed by atoms with van der Waals surface area (Å²) in [6.45, 7) is 18.8. The molecule has 5 unspecified atom stereocenters. The third-order valence-corrected chi connectivity index (χ3v) is 10.0. The topological polar surface area (TPSA) is 139 Å². The average Bonchev–Trinajstić information content (AvgIpc) is 3.27. The number of hydrogen-bond donors (Lipinski definition) is 2. The summed E-state index contributed by atoms with van der Waals surface area (Å²) in [7, 11) is 0. The Morgan fingerprint density at radius 2 is 1.57 bits per heavy atom. The van der Waals surface area contributed by atoms with Crippen LogP contribution in [-0.4, -0.2) is 70.4 Å². The summed E-state index contributed by atoms with van der Waals surface area (Å²) < 4.78 is 5.42. The van der Waals surface area contributed by atoms with Crippen molar-refractivity contribution in [2.45, 2.75) is 143 Å². The summed E-state index contributed by atoms with van der Waals surface area (Å²) in [5.74, 6) is -1.92. The van der Waals surface area contributed by atoms with Gasteiger partial charge >= 0.3 is 6.09 Å². The van der Waals surface area contributed by atoms with Crippen LogP contribution in [0, 0.1) is 28.6 Å². The van der Waals surface area contributed by atoms with Crippen molar-refractivity contribution in [2.75, 3.05) is 6.54 Å². The molecule has 2 N–H and O–H groups in total. The van der Waals surface area contributed by atoms with Gasteiger partial charge in [0.15, 0.2) is 0 Å². The molecule has 3 fully saturated rings. The molecular weight excluding hydrogens is 586 g/mol. The van der Waals surface area contributed by atoms with Crippen LogP contribution in [0.1, 0.15) is 120 Å². The molecule has 3 aliphatic rings.